The summed E-state index contributed by atoms with van der Waals surface area (Å²) in [6.07, 6.45) is 0.854. The van der Waals surface area contributed by atoms with Crippen LogP contribution in [0.15, 0.2) is 35.4 Å². The van der Waals surface area contributed by atoms with Gasteiger partial charge in [0.1, 0.15) is 0 Å². The Morgan fingerprint density at radius 2 is 1.94 bits per heavy atom. The lowest BCUT2D eigenvalue weighted by Crippen LogP contribution is -2.27. The van der Waals surface area contributed by atoms with Crippen LogP contribution in [0.4, 0.5) is 0 Å². The first-order chi connectivity index (χ1) is 7.92. The van der Waals surface area contributed by atoms with Crippen LogP contribution in [0, 0.1) is 0 Å². The van der Waals surface area contributed by atoms with E-state index in [1.165, 1.54) is 5.56 Å². The van der Waals surface area contributed by atoms with Gasteiger partial charge in [0.25, 0.3) is 0 Å². The van der Waals surface area contributed by atoms with Gasteiger partial charge >= 0.3 is 0 Å². The molecule has 17 heavy (non-hydrogen) atoms. The minimum atomic E-state index is 0.0484. The van der Waals surface area contributed by atoms with Crippen molar-refractivity contribution in [3.63, 3.8) is 0 Å². The van der Waals surface area contributed by atoms with Crippen LogP contribution in [-0.4, -0.2) is 10.8 Å². The van der Waals surface area contributed by atoms with Gasteiger partial charge in [-0.15, -0.1) is 0 Å². The van der Waals surface area contributed by atoms with E-state index in [1.54, 1.807) is 0 Å². The van der Waals surface area contributed by atoms with Crippen LogP contribution in [0.2, 0.25) is 0 Å². The lowest BCUT2D eigenvalue weighted by molar-refractivity contribution is 0.547. The van der Waals surface area contributed by atoms with E-state index in [2.05, 4.69) is 48.6 Å². The summed E-state index contributed by atoms with van der Waals surface area (Å²) in [4.78, 5) is 0. The van der Waals surface area contributed by atoms with Crippen molar-refractivity contribution in [2.45, 2.75) is 32.6 Å². The Labute approximate surface area is 108 Å². The minimum absolute atomic E-state index is 0.0484. The fourth-order valence-electron chi connectivity index (χ4n) is 1.82. The van der Waals surface area contributed by atoms with Crippen molar-refractivity contribution in [3.05, 3.63) is 35.9 Å². The standard InChI is InChI=1S/C13H19N3S/c1-10(15-16-12(14)17)9-13(2,3)11-7-5-4-6-8-11/h4-8H,9H2,1-3H3,(H3,14,16,17). The maximum absolute atomic E-state index is 5.33. The van der Waals surface area contributed by atoms with E-state index < -0.39 is 0 Å². The number of benzene rings is 1. The zero-order valence-corrected chi connectivity index (χ0v) is 11.3. The molecular weight excluding hydrogens is 230 g/mol. The summed E-state index contributed by atoms with van der Waals surface area (Å²) >= 11 is 4.71. The van der Waals surface area contributed by atoms with Crippen molar-refractivity contribution < 1.29 is 0 Å². The van der Waals surface area contributed by atoms with Crippen LogP contribution in [0.3, 0.4) is 0 Å². The van der Waals surface area contributed by atoms with Gasteiger partial charge in [0.15, 0.2) is 5.11 Å². The fourth-order valence-corrected chi connectivity index (χ4v) is 1.87. The topological polar surface area (TPSA) is 50.4 Å². The molecule has 0 aromatic heterocycles. The SMILES string of the molecule is CC(CC(C)(C)c1ccccc1)=NNC(N)=S. The average molecular weight is 249 g/mol. The van der Waals surface area contributed by atoms with E-state index in [9.17, 15) is 0 Å². The second-order valence-corrected chi connectivity index (χ2v) is 5.19. The number of rotatable bonds is 4. The van der Waals surface area contributed by atoms with Crippen molar-refractivity contribution in [1.29, 1.82) is 0 Å². The molecule has 0 saturated carbocycles. The lowest BCUT2D eigenvalue weighted by Gasteiger charge is -2.25. The number of hydrogen-bond donors (Lipinski definition) is 2. The second-order valence-electron chi connectivity index (χ2n) is 4.75. The molecule has 3 nitrogen and oxygen atoms in total. The summed E-state index contributed by atoms with van der Waals surface area (Å²) < 4.78 is 0. The van der Waals surface area contributed by atoms with Gasteiger partial charge in [0.2, 0.25) is 0 Å². The van der Waals surface area contributed by atoms with E-state index in [0.29, 0.717) is 0 Å². The molecule has 0 atom stereocenters. The molecule has 0 unspecified atom stereocenters. The molecule has 1 aromatic rings. The molecule has 1 aromatic carbocycles. The largest absolute Gasteiger partial charge is 0.375 e. The van der Waals surface area contributed by atoms with Crippen molar-refractivity contribution in [2.24, 2.45) is 10.8 Å². The first-order valence-electron chi connectivity index (χ1n) is 5.56. The molecule has 0 aliphatic rings. The number of thiocarbonyl (C=S) groups is 1. The van der Waals surface area contributed by atoms with Crippen molar-refractivity contribution in [1.82, 2.24) is 5.43 Å². The van der Waals surface area contributed by atoms with E-state index in [4.69, 9.17) is 18.0 Å². The van der Waals surface area contributed by atoms with Gasteiger partial charge in [-0.05, 0) is 36.5 Å². The van der Waals surface area contributed by atoms with Crippen LogP contribution >= 0.6 is 12.2 Å². The van der Waals surface area contributed by atoms with Gasteiger partial charge in [-0.1, -0.05) is 44.2 Å². The Morgan fingerprint density at radius 3 is 2.47 bits per heavy atom. The zero-order chi connectivity index (χ0) is 12.9. The van der Waals surface area contributed by atoms with Crippen LogP contribution in [-0.2, 0) is 5.41 Å². The average Bonchev–Trinajstić information content (AvgIpc) is 2.27. The molecule has 0 saturated heterocycles. The second kappa shape index (κ2) is 5.77. The molecule has 3 N–H and O–H groups in total. The Kier molecular flexibility index (Phi) is 4.63. The van der Waals surface area contributed by atoms with Crippen molar-refractivity contribution >= 4 is 23.0 Å². The maximum atomic E-state index is 5.33. The first-order valence-corrected chi connectivity index (χ1v) is 5.97. The van der Waals surface area contributed by atoms with Gasteiger partial charge in [0.05, 0.1) is 0 Å². The van der Waals surface area contributed by atoms with Crippen LogP contribution in [0.1, 0.15) is 32.8 Å². The molecule has 0 fully saturated rings. The number of nitrogens with two attached hydrogens (primary N) is 1. The Balaban J connectivity index is 2.73. The van der Waals surface area contributed by atoms with Gasteiger partial charge < -0.3 is 5.73 Å². The van der Waals surface area contributed by atoms with Crippen LogP contribution < -0.4 is 11.2 Å². The third-order valence-corrected chi connectivity index (χ3v) is 2.70. The molecule has 0 bridgehead atoms. The van der Waals surface area contributed by atoms with Crippen LogP contribution in [0.25, 0.3) is 0 Å². The molecular formula is C13H19N3S. The number of nitrogens with one attached hydrogen (secondary N) is 1. The van der Waals surface area contributed by atoms with Gasteiger partial charge in [-0.2, -0.15) is 5.10 Å². The molecule has 4 heteroatoms. The molecule has 1 rings (SSSR count). The summed E-state index contributed by atoms with van der Waals surface area (Å²) in [5, 5.41) is 4.33. The number of hydrogen-bond acceptors (Lipinski definition) is 2. The van der Waals surface area contributed by atoms with Gasteiger partial charge in [-0.25, -0.2) is 0 Å². The normalized spacial score (nSPS) is 12.3. The fraction of sp³-hybridized carbons (Fsp3) is 0.385. The summed E-state index contributed by atoms with van der Waals surface area (Å²) in [5.41, 5.74) is 10.3. The molecule has 0 aliphatic carbocycles. The van der Waals surface area contributed by atoms with E-state index in [0.717, 1.165) is 12.1 Å². The highest BCUT2D eigenvalue weighted by Gasteiger charge is 2.21. The van der Waals surface area contributed by atoms with Crippen LogP contribution in [0.5, 0.6) is 0 Å². The number of nitrogens with zero attached hydrogens (tertiary/aromatic N) is 1. The maximum Gasteiger partial charge on any atom is 0.184 e. The molecule has 92 valence electrons. The van der Waals surface area contributed by atoms with E-state index in [-0.39, 0.29) is 10.5 Å². The highest BCUT2D eigenvalue weighted by Crippen LogP contribution is 2.26. The molecule has 0 amide bonds. The predicted molar refractivity (Wildman–Crippen MR) is 77.1 cm³/mol. The molecule has 0 radical (unpaired) electrons. The summed E-state index contributed by atoms with van der Waals surface area (Å²) in [5.74, 6) is 0. The Bertz CT molecular complexity index is 410. The molecule has 0 spiro atoms. The summed E-state index contributed by atoms with van der Waals surface area (Å²) in [6, 6.07) is 10.4. The quantitative estimate of drug-likeness (QED) is 0.490. The Morgan fingerprint density at radius 1 is 1.35 bits per heavy atom. The Hall–Kier alpha value is -1.42. The first kappa shape index (κ1) is 13.6. The molecule has 0 heterocycles. The van der Waals surface area contributed by atoms with Crippen molar-refractivity contribution in [3.8, 4) is 0 Å². The third-order valence-electron chi connectivity index (χ3n) is 2.61. The van der Waals surface area contributed by atoms with Gasteiger partial charge in [0, 0.05) is 5.71 Å². The van der Waals surface area contributed by atoms with Crippen molar-refractivity contribution in [2.75, 3.05) is 0 Å². The van der Waals surface area contributed by atoms with Gasteiger partial charge in [-0.3, -0.25) is 5.43 Å². The summed E-state index contributed by atoms with van der Waals surface area (Å²) in [6.45, 7) is 6.36. The highest BCUT2D eigenvalue weighted by atomic mass is 32.1. The highest BCUT2D eigenvalue weighted by molar-refractivity contribution is 7.80. The lowest BCUT2D eigenvalue weighted by atomic mass is 9.80. The zero-order valence-electron chi connectivity index (χ0n) is 10.5. The third kappa shape index (κ3) is 4.53. The number of hydrazone groups is 1. The summed E-state index contributed by atoms with van der Waals surface area (Å²) in [7, 11) is 0. The van der Waals surface area contributed by atoms with E-state index >= 15 is 0 Å². The molecule has 0 aliphatic heterocycles. The minimum Gasteiger partial charge on any atom is -0.375 e. The smallest absolute Gasteiger partial charge is 0.184 e. The monoisotopic (exact) mass is 249 g/mol. The van der Waals surface area contributed by atoms with E-state index in [1.807, 2.05) is 13.0 Å². The predicted octanol–water partition coefficient (Wildman–Crippen LogP) is 2.56.